The fourth-order valence-corrected chi connectivity index (χ4v) is 2.69. The number of benzene rings is 1. The second-order valence-corrected chi connectivity index (χ2v) is 5.83. The molecular formula is C15H16N2O4S. The van der Waals surface area contributed by atoms with Crippen molar-refractivity contribution in [3.05, 3.63) is 40.4 Å². The number of ether oxygens (including phenoxy) is 1. The highest BCUT2D eigenvalue weighted by molar-refractivity contribution is 7.16. The van der Waals surface area contributed by atoms with Crippen LogP contribution >= 0.6 is 11.3 Å². The molecule has 0 saturated heterocycles. The standard InChI is InChI=1S/C15H16N2O4S/c1-9-3-5-11(6-4-9)21-8-13(18)17-15-16-10(2)12(22-15)7-14(19)20/h3-6H,7-8H2,1-2H3,(H,19,20)(H,16,17,18). The zero-order valence-corrected chi connectivity index (χ0v) is 13.1. The number of anilines is 1. The topological polar surface area (TPSA) is 88.5 Å². The van der Waals surface area contributed by atoms with Crippen LogP contribution < -0.4 is 10.1 Å². The lowest BCUT2D eigenvalue weighted by Gasteiger charge is -2.05. The molecule has 2 rings (SSSR count). The lowest BCUT2D eigenvalue weighted by atomic mass is 10.2. The van der Waals surface area contributed by atoms with E-state index in [0.29, 0.717) is 21.5 Å². The zero-order valence-electron chi connectivity index (χ0n) is 12.3. The molecule has 2 aromatic rings. The van der Waals surface area contributed by atoms with Gasteiger partial charge in [0, 0.05) is 4.88 Å². The van der Waals surface area contributed by atoms with Gasteiger partial charge in [0.2, 0.25) is 0 Å². The Morgan fingerprint density at radius 2 is 1.95 bits per heavy atom. The Hall–Kier alpha value is -2.41. The van der Waals surface area contributed by atoms with Crippen LogP contribution in [0.2, 0.25) is 0 Å². The Morgan fingerprint density at radius 1 is 1.27 bits per heavy atom. The van der Waals surface area contributed by atoms with Crippen molar-refractivity contribution in [1.29, 1.82) is 0 Å². The Bertz CT molecular complexity index is 679. The number of carbonyl (C=O) groups is 2. The van der Waals surface area contributed by atoms with E-state index < -0.39 is 5.97 Å². The molecule has 0 saturated carbocycles. The number of aromatic nitrogens is 1. The van der Waals surface area contributed by atoms with E-state index in [1.54, 1.807) is 19.1 Å². The molecule has 0 fully saturated rings. The van der Waals surface area contributed by atoms with Crippen LogP contribution in [0.4, 0.5) is 5.13 Å². The molecule has 0 bridgehead atoms. The first-order valence-corrected chi connectivity index (χ1v) is 7.43. The number of nitrogens with one attached hydrogen (secondary N) is 1. The molecule has 0 radical (unpaired) electrons. The Morgan fingerprint density at radius 3 is 2.59 bits per heavy atom. The van der Waals surface area contributed by atoms with E-state index in [0.717, 1.165) is 16.9 Å². The maximum atomic E-state index is 11.8. The van der Waals surface area contributed by atoms with E-state index >= 15 is 0 Å². The summed E-state index contributed by atoms with van der Waals surface area (Å²) in [7, 11) is 0. The molecule has 0 spiro atoms. The van der Waals surface area contributed by atoms with Crippen LogP contribution in [0.15, 0.2) is 24.3 Å². The molecule has 22 heavy (non-hydrogen) atoms. The number of amides is 1. The van der Waals surface area contributed by atoms with Crippen LogP contribution in [0, 0.1) is 13.8 Å². The number of hydrogen-bond donors (Lipinski definition) is 2. The van der Waals surface area contributed by atoms with Crippen molar-refractivity contribution in [1.82, 2.24) is 4.98 Å². The van der Waals surface area contributed by atoms with Gasteiger partial charge in [-0.3, -0.25) is 14.9 Å². The second kappa shape index (κ2) is 7.04. The van der Waals surface area contributed by atoms with Crippen molar-refractivity contribution in [3.63, 3.8) is 0 Å². The molecule has 1 aromatic heterocycles. The molecule has 0 aliphatic rings. The summed E-state index contributed by atoms with van der Waals surface area (Å²) in [5, 5.41) is 11.8. The number of aliphatic carboxylic acids is 1. The summed E-state index contributed by atoms with van der Waals surface area (Å²) < 4.78 is 5.37. The molecule has 0 aliphatic heterocycles. The van der Waals surface area contributed by atoms with E-state index in [9.17, 15) is 9.59 Å². The summed E-state index contributed by atoms with van der Waals surface area (Å²) in [6, 6.07) is 7.38. The lowest BCUT2D eigenvalue weighted by molar-refractivity contribution is -0.136. The smallest absolute Gasteiger partial charge is 0.308 e. The van der Waals surface area contributed by atoms with Gasteiger partial charge < -0.3 is 9.84 Å². The molecular weight excluding hydrogens is 304 g/mol. The van der Waals surface area contributed by atoms with Crippen molar-refractivity contribution < 1.29 is 19.4 Å². The van der Waals surface area contributed by atoms with Gasteiger partial charge in [-0.2, -0.15) is 0 Å². The number of nitrogens with zero attached hydrogens (tertiary/aromatic N) is 1. The van der Waals surface area contributed by atoms with Crippen molar-refractivity contribution in [3.8, 4) is 5.75 Å². The molecule has 0 atom stereocenters. The maximum Gasteiger partial charge on any atom is 0.308 e. The number of rotatable bonds is 6. The average Bonchev–Trinajstić information content (AvgIpc) is 2.77. The largest absolute Gasteiger partial charge is 0.484 e. The maximum absolute atomic E-state index is 11.8. The van der Waals surface area contributed by atoms with Gasteiger partial charge in [0.25, 0.3) is 5.91 Å². The number of carboxylic acids is 1. The number of hydrogen-bond acceptors (Lipinski definition) is 5. The van der Waals surface area contributed by atoms with Gasteiger partial charge >= 0.3 is 5.97 Å². The third kappa shape index (κ3) is 4.56. The van der Waals surface area contributed by atoms with Gasteiger partial charge in [-0.25, -0.2) is 4.98 Å². The van der Waals surface area contributed by atoms with Crippen LogP contribution in [0.5, 0.6) is 5.75 Å². The highest BCUT2D eigenvalue weighted by Crippen LogP contribution is 2.23. The van der Waals surface area contributed by atoms with Crippen molar-refractivity contribution >= 4 is 28.3 Å². The minimum atomic E-state index is -0.924. The van der Waals surface area contributed by atoms with Gasteiger partial charge in [-0.05, 0) is 26.0 Å². The zero-order chi connectivity index (χ0) is 16.1. The van der Waals surface area contributed by atoms with Crippen molar-refractivity contribution in [2.24, 2.45) is 0 Å². The van der Waals surface area contributed by atoms with Crippen LogP contribution in [0.3, 0.4) is 0 Å². The van der Waals surface area contributed by atoms with Crippen molar-refractivity contribution in [2.75, 3.05) is 11.9 Å². The average molecular weight is 320 g/mol. The number of aryl methyl sites for hydroxylation is 2. The van der Waals surface area contributed by atoms with Crippen LogP contribution in [0.25, 0.3) is 0 Å². The van der Waals surface area contributed by atoms with E-state index in [1.807, 2.05) is 19.1 Å². The fraction of sp³-hybridized carbons (Fsp3) is 0.267. The van der Waals surface area contributed by atoms with E-state index in [2.05, 4.69) is 10.3 Å². The van der Waals surface area contributed by atoms with Crippen LogP contribution in [-0.4, -0.2) is 28.6 Å². The molecule has 7 heteroatoms. The quantitative estimate of drug-likeness (QED) is 0.853. The van der Waals surface area contributed by atoms with Gasteiger partial charge in [0.15, 0.2) is 11.7 Å². The first-order valence-electron chi connectivity index (χ1n) is 6.61. The molecule has 6 nitrogen and oxygen atoms in total. The highest BCUT2D eigenvalue weighted by Gasteiger charge is 2.13. The summed E-state index contributed by atoms with van der Waals surface area (Å²) >= 11 is 1.16. The fourth-order valence-electron chi connectivity index (χ4n) is 1.72. The SMILES string of the molecule is Cc1ccc(OCC(=O)Nc2nc(C)c(CC(=O)O)s2)cc1. The van der Waals surface area contributed by atoms with Gasteiger partial charge in [0.1, 0.15) is 5.75 Å². The van der Waals surface area contributed by atoms with Gasteiger partial charge in [-0.15, -0.1) is 11.3 Å². The predicted octanol–water partition coefficient (Wildman–Crippen LogP) is 2.40. The van der Waals surface area contributed by atoms with Gasteiger partial charge in [-0.1, -0.05) is 17.7 Å². The van der Waals surface area contributed by atoms with Crippen molar-refractivity contribution in [2.45, 2.75) is 20.3 Å². The first-order chi connectivity index (χ1) is 10.4. The summed E-state index contributed by atoms with van der Waals surface area (Å²) in [5.74, 6) is -0.647. The number of carbonyl (C=O) groups excluding carboxylic acids is 1. The van der Waals surface area contributed by atoms with E-state index in [1.165, 1.54) is 0 Å². The molecule has 0 unspecified atom stereocenters. The lowest BCUT2D eigenvalue weighted by Crippen LogP contribution is -2.20. The summed E-state index contributed by atoms with van der Waals surface area (Å²) in [4.78, 5) is 27.3. The monoisotopic (exact) mass is 320 g/mol. The molecule has 1 amide bonds. The van der Waals surface area contributed by atoms with E-state index in [-0.39, 0.29) is 18.9 Å². The number of thiazole rings is 1. The minimum absolute atomic E-state index is 0.0980. The summed E-state index contributed by atoms with van der Waals surface area (Å²) in [5.41, 5.74) is 1.73. The number of carboxylic acid groups (broad SMARTS) is 1. The summed E-state index contributed by atoms with van der Waals surface area (Å²) in [6.07, 6.45) is -0.0980. The Kier molecular flexibility index (Phi) is 5.11. The first kappa shape index (κ1) is 16.0. The molecule has 116 valence electrons. The second-order valence-electron chi connectivity index (χ2n) is 4.75. The normalized spacial score (nSPS) is 10.3. The molecule has 1 aromatic carbocycles. The molecule has 2 N–H and O–H groups in total. The minimum Gasteiger partial charge on any atom is -0.484 e. The summed E-state index contributed by atoms with van der Waals surface area (Å²) in [6.45, 7) is 3.55. The van der Waals surface area contributed by atoms with Gasteiger partial charge in [0.05, 0.1) is 12.1 Å². The van der Waals surface area contributed by atoms with Crippen LogP contribution in [-0.2, 0) is 16.0 Å². The Labute approximate surface area is 131 Å². The highest BCUT2D eigenvalue weighted by atomic mass is 32.1. The van der Waals surface area contributed by atoms with E-state index in [4.69, 9.17) is 9.84 Å². The molecule has 1 heterocycles. The third-order valence-electron chi connectivity index (χ3n) is 2.84. The van der Waals surface area contributed by atoms with Crippen LogP contribution in [0.1, 0.15) is 16.1 Å². The Balaban J connectivity index is 1.89. The third-order valence-corrected chi connectivity index (χ3v) is 3.91. The predicted molar refractivity (Wildman–Crippen MR) is 83.5 cm³/mol. The molecule has 0 aliphatic carbocycles.